The maximum atomic E-state index is 11.2. The summed E-state index contributed by atoms with van der Waals surface area (Å²) < 4.78 is 10.4. The topological polar surface area (TPSA) is 55.8 Å². The number of rotatable bonds is 4. The Kier molecular flexibility index (Phi) is 3.10. The zero-order valence-electron chi connectivity index (χ0n) is 9.10. The van der Waals surface area contributed by atoms with Gasteiger partial charge in [0.15, 0.2) is 11.5 Å². The molecular weight excluding hydrogens is 208 g/mol. The Balaban J connectivity index is 2.13. The van der Waals surface area contributed by atoms with Gasteiger partial charge in [0.25, 0.3) is 0 Å². The Morgan fingerprint density at radius 3 is 2.88 bits per heavy atom. The predicted molar refractivity (Wildman–Crippen MR) is 57.5 cm³/mol. The van der Waals surface area contributed by atoms with Crippen molar-refractivity contribution in [3.63, 3.8) is 0 Å². The molecule has 0 amide bonds. The molecule has 4 nitrogen and oxygen atoms in total. The molecule has 1 aliphatic rings. The number of benzene rings is 1. The van der Waals surface area contributed by atoms with Crippen LogP contribution < -0.4 is 9.47 Å². The van der Waals surface area contributed by atoms with Gasteiger partial charge in [0.2, 0.25) is 6.79 Å². The third-order valence-corrected chi connectivity index (χ3v) is 2.71. The van der Waals surface area contributed by atoms with Gasteiger partial charge in [0, 0.05) is 5.92 Å². The van der Waals surface area contributed by atoms with Crippen LogP contribution in [0.2, 0.25) is 0 Å². The highest BCUT2D eigenvalue weighted by Gasteiger charge is 2.17. The number of carbonyl (C=O) groups is 1. The smallest absolute Gasteiger partial charge is 0.231 e. The molecule has 1 heterocycles. The first-order chi connectivity index (χ1) is 7.70. The lowest BCUT2D eigenvalue weighted by Gasteiger charge is -2.10. The number of aliphatic hydroxyl groups is 1. The van der Waals surface area contributed by atoms with E-state index in [0.29, 0.717) is 12.2 Å². The molecule has 0 aromatic heterocycles. The third-order valence-electron chi connectivity index (χ3n) is 2.71. The lowest BCUT2D eigenvalue weighted by Crippen LogP contribution is -2.18. The Bertz CT molecular complexity index is 400. The van der Waals surface area contributed by atoms with E-state index in [2.05, 4.69) is 0 Å². The van der Waals surface area contributed by atoms with Crippen LogP contribution in [0.4, 0.5) is 0 Å². The molecule has 4 heteroatoms. The summed E-state index contributed by atoms with van der Waals surface area (Å²) in [6.45, 7) is 1.62. The highest BCUT2D eigenvalue weighted by molar-refractivity contribution is 5.78. The largest absolute Gasteiger partial charge is 0.454 e. The van der Waals surface area contributed by atoms with Gasteiger partial charge in [-0.2, -0.15) is 0 Å². The van der Waals surface area contributed by atoms with Crippen LogP contribution >= 0.6 is 0 Å². The quantitative estimate of drug-likeness (QED) is 0.830. The van der Waals surface area contributed by atoms with E-state index in [4.69, 9.17) is 14.6 Å². The summed E-state index contributed by atoms with van der Waals surface area (Å²) in [5, 5.41) is 9.07. The van der Waals surface area contributed by atoms with E-state index < -0.39 is 0 Å². The summed E-state index contributed by atoms with van der Waals surface area (Å²) in [4.78, 5) is 11.2. The van der Waals surface area contributed by atoms with Crippen LogP contribution in [-0.2, 0) is 11.2 Å². The summed E-state index contributed by atoms with van der Waals surface area (Å²) in [6, 6.07) is 5.57. The van der Waals surface area contributed by atoms with Gasteiger partial charge in [0.1, 0.15) is 5.78 Å². The van der Waals surface area contributed by atoms with Gasteiger partial charge in [-0.15, -0.1) is 0 Å². The summed E-state index contributed by atoms with van der Waals surface area (Å²) >= 11 is 0. The van der Waals surface area contributed by atoms with Crippen LogP contribution in [-0.4, -0.2) is 24.3 Å². The second kappa shape index (κ2) is 4.53. The summed E-state index contributed by atoms with van der Waals surface area (Å²) in [6.07, 6.45) is 0.530. The number of ether oxygens (including phenoxy) is 2. The van der Waals surface area contributed by atoms with E-state index in [9.17, 15) is 4.79 Å². The number of carbonyl (C=O) groups excluding carboxylic acids is 1. The van der Waals surface area contributed by atoms with E-state index in [-0.39, 0.29) is 25.1 Å². The molecular formula is C12H14O4. The van der Waals surface area contributed by atoms with E-state index in [0.717, 1.165) is 11.3 Å². The van der Waals surface area contributed by atoms with E-state index in [1.54, 1.807) is 0 Å². The molecule has 0 fully saturated rings. The van der Waals surface area contributed by atoms with Crippen LogP contribution in [0.15, 0.2) is 18.2 Å². The molecule has 0 saturated heterocycles. The predicted octanol–water partition coefficient (Wildman–Crippen LogP) is 1.16. The zero-order valence-corrected chi connectivity index (χ0v) is 9.10. The number of aliphatic hydroxyl groups excluding tert-OH is 1. The number of hydrogen-bond acceptors (Lipinski definition) is 4. The van der Waals surface area contributed by atoms with E-state index in [1.807, 2.05) is 18.2 Å². The fourth-order valence-electron chi connectivity index (χ4n) is 1.69. The van der Waals surface area contributed by atoms with Crippen LogP contribution in [0.3, 0.4) is 0 Å². The van der Waals surface area contributed by atoms with Gasteiger partial charge >= 0.3 is 0 Å². The number of hydrogen-bond donors (Lipinski definition) is 1. The highest BCUT2D eigenvalue weighted by Crippen LogP contribution is 2.33. The lowest BCUT2D eigenvalue weighted by atomic mass is 9.96. The van der Waals surface area contributed by atoms with Crippen molar-refractivity contribution >= 4 is 5.78 Å². The van der Waals surface area contributed by atoms with Crippen molar-refractivity contribution in [1.82, 2.24) is 0 Å². The van der Waals surface area contributed by atoms with Crippen LogP contribution in [0.25, 0.3) is 0 Å². The van der Waals surface area contributed by atoms with Gasteiger partial charge in [-0.3, -0.25) is 4.79 Å². The van der Waals surface area contributed by atoms with Gasteiger partial charge in [0.05, 0.1) is 6.61 Å². The van der Waals surface area contributed by atoms with Crippen molar-refractivity contribution in [2.45, 2.75) is 13.3 Å². The Labute approximate surface area is 93.8 Å². The van der Waals surface area contributed by atoms with E-state index >= 15 is 0 Å². The van der Waals surface area contributed by atoms with Crippen LogP contribution in [0.1, 0.15) is 12.5 Å². The first-order valence-electron chi connectivity index (χ1n) is 5.20. The Hall–Kier alpha value is -1.55. The molecule has 0 radical (unpaired) electrons. The second-order valence-corrected chi connectivity index (χ2v) is 3.88. The van der Waals surface area contributed by atoms with Crippen molar-refractivity contribution < 1.29 is 19.4 Å². The minimum Gasteiger partial charge on any atom is -0.454 e. The molecule has 0 aliphatic carbocycles. The fourth-order valence-corrected chi connectivity index (χ4v) is 1.69. The first-order valence-corrected chi connectivity index (χ1v) is 5.20. The minimum atomic E-state index is -0.333. The van der Waals surface area contributed by atoms with Crippen molar-refractivity contribution in [3.8, 4) is 11.5 Å². The third kappa shape index (κ3) is 2.17. The molecule has 0 spiro atoms. The highest BCUT2D eigenvalue weighted by atomic mass is 16.7. The number of fused-ring (bicyclic) bond motifs is 1. The molecule has 1 N–H and O–H groups in total. The van der Waals surface area contributed by atoms with Gasteiger partial charge in [-0.05, 0) is 31.0 Å². The molecule has 1 aliphatic heterocycles. The molecule has 1 unspecified atom stereocenters. The average molecular weight is 222 g/mol. The minimum absolute atomic E-state index is 0.000154. The molecule has 1 aromatic carbocycles. The SMILES string of the molecule is CC(=O)C(CO)Cc1ccc2c(c1)OCO2. The second-order valence-electron chi connectivity index (χ2n) is 3.88. The lowest BCUT2D eigenvalue weighted by molar-refractivity contribution is -0.121. The zero-order chi connectivity index (χ0) is 11.5. The standard InChI is InChI=1S/C12H14O4/c1-8(14)10(6-13)4-9-2-3-11-12(5-9)16-7-15-11/h2-3,5,10,13H,4,6-7H2,1H3. The number of Topliss-reactive ketones (excluding diaryl/α,β-unsaturated/α-hetero) is 1. The average Bonchev–Trinajstić information content (AvgIpc) is 2.72. The first kappa shape index (κ1) is 11.0. The van der Waals surface area contributed by atoms with Crippen molar-refractivity contribution in [2.24, 2.45) is 5.92 Å². The monoisotopic (exact) mass is 222 g/mol. The van der Waals surface area contributed by atoms with Crippen LogP contribution in [0.5, 0.6) is 11.5 Å². The summed E-state index contributed by atoms with van der Waals surface area (Å²) in [5.41, 5.74) is 0.971. The summed E-state index contributed by atoms with van der Waals surface area (Å²) in [5.74, 6) is 1.10. The van der Waals surface area contributed by atoms with Crippen molar-refractivity contribution in [2.75, 3.05) is 13.4 Å². The Morgan fingerprint density at radius 1 is 1.44 bits per heavy atom. The summed E-state index contributed by atoms with van der Waals surface area (Å²) in [7, 11) is 0. The molecule has 86 valence electrons. The fraction of sp³-hybridized carbons (Fsp3) is 0.417. The van der Waals surface area contributed by atoms with E-state index in [1.165, 1.54) is 6.92 Å². The molecule has 0 saturated carbocycles. The maximum Gasteiger partial charge on any atom is 0.231 e. The molecule has 0 bridgehead atoms. The van der Waals surface area contributed by atoms with Crippen molar-refractivity contribution in [3.05, 3.63) is 23.8 Å². The number of ketones is 1. The molecule has 16 heavy (non-hydrogen) atoms. The molecule has 2 rings (SSSR count). The van der Waals surface area contributed by atoms with Gasteiger partial charge in [-0.1, -0.05) is 6.07 Å². The van der Waals surface area contributed by atoms with Crippen molar-refractivity contribution in [1.29, 1.82) is 0 Å². The normalized spacial score (nSPS) is 14.9. The van der Waals surface area contributed by atoms with Crippen LogP contribution in [0, 0.1) is 5.92 Å². The molecule has 1 aromatic rings. The Morgan fingerprint density at radius 2 is 2.19 bits per heavy atom. The molecule has 1 atom stereocenters. The van der Waals surface area contributed by atoms with Gasteiger partial charge < -0.3 is 14.6 Å². The van der Waals surface area contributed by atoms with Gasteiger partial charge in [-0.25, -0.2) is 0 Å². The maximum absolute atomic E-state index is 11.2.